The molecule has 45 heavy (non-hydrogen) atoms. The molecule has 1 heterocycles. The summed E-state index contributed by atoms with van der Waals surface area (Å²) < 4.78 is 5.87. The number of H-pyrrole nitrogens is 1. The Morgan fingerprint density at radius 2 is 1.49 bits per heavy atom. The first-order valence-electron chi connectivity index (χ1n) is 15.3. The molecule has 9 heteroatoms. The Morgan fingerprint density at radius 3 is 2.11 bits per heavy atom. The number of hydrogen-bond donors (Lipinski definition) is 3. The molecule has 3 aromatic carbocycles. The summed E-state index contributed by atoms with van der Waals surface area (Å²) in [4.78, 5) is 46.6. The van der Waals surface area contributed by atoms with Gasteiger partial charge in [0.05, 0.1) is 12.6 Å². The lowest BCUT2D eigenvalue weighted by molar-refractivity contribution is -0.139. The number of carbonyl (C=O) groups is 3. The number of rotatable bonds is 13. The van der Waals surface area contributed by atoms with Crippen LogP contribution in [0.25, 0.3) is 10.9 Å². The van der Waals surface area contributed by atoms with Crippen molar-refractivity contribution in [3.05, 3.63) is 108 Å². The summed E-state index contributed by atoms with van der Waals surface area (Å²) in [6, 6.07) is 25.6. The van der Waals surface area contributed by atoms with Gasteiger partial charge in [0.25, 0.3) is 0 Å². The van der Waals surface area contributed by atoms with E-state index in [4.69, 9.17) is 4.74 Å². The fraction of sp³-hybridized carbons (Fsp3) is 0.361. The Morgan fingerprint density at radius 1 is 0.889 bits per heavy atom. The summed E-state index contributed by atoms with van der Waals surface area (Å²) in [5.74, 6) is -1.23. The maximum atomic E-state index is 14.3. The number of carboxylic acids is 1. The first-order valence-corrected chi connectivity index (χ1v) is 15.3. The van der Waals surface area contributed by atoms with Crippen LogP contribution >= 0.6 is 0 Å². The number of carboxylic acid groups (broad SMARTS) is 1. The van der Waals surface area contributed by atoms with Crippen LogP contribution in [0.2, 0.25) is 0 Å². The highest BCUT2D eigenvalue weighted by Crippen LogP contribution is 2.23. The number of likely N-dealkylation sites (N-methyl/N-ethyl adjacent to an activating group) is 1. The largest absolute Gasteiger partial charge is 0.481 e. The van der Waals surface area contributed by atoms with E-state index in [1.807, 2.05) is 91.1 Å². The van der Waals surface area contributed by atoms with E-state index >= 15 is 0 Å². The van der Waals surface area contributed by atoms with E-state index in [1.165, 1.54) is 4.90 Å². The summed E-state index contributed by atoms with van der Waals surface area (Å²) in [7, 11) is 1.73. The number of aliphatic carboxylic acids is 1. The number of carbonyl (C=O) groups excluding carboxylic acids is 2. The lowest BCUT2D eigenvalue weighted by Gasteiger charge is -2.39. The van der Waals surface area contributed by atoms with E-state index in [9.17, 15) is 19.5 Å². The molecular weight excluding hydrogens is 568 g/mol. The average Bonchev–Trinajstić information content (AvgIpc) is 3.38. The number of aromatic amines is 1. The number of benzene rings is 3. The second kappa shape index (κ2) is 14.9. The van der Waals surface area contributed by atoms with E-state index in [0.717, 1.165) is 27.6 Å². The zero-order valence-electron chi connectivity index (χ0n) is 26.7. The van der Waals surface area contributed by atoms with Gasteiger partial charge in [0, 0.05) is 43.2 Å². The topological polar surface area (TPSA) is 115 Å². The molecule has 0 aliphatic heterocycles. The SMILES string of the molecule is CC(N[C@H](CC(=O)O)Cc1c[nH]c2ccccc12)N(C(=O)OC(C)(C)C)C(Cc1ccccc1)C(=O)N(C)Cc1ccccc1. The smallest absolute Gasteiger partial charge is 0.412 e. The predicted molar refractivity (Wildman–Crippen MR) is 176 cm³/mol. The van der Waals surface area contributed by atoms with Crippen LogP contribution in [-0.4, -0.2) is 68.8 Å². The lowest BCUT2D eigenvalue weighted by atomic mass is 10.0. The molecule has 4 rings (SSSR count). The molecule has 0 radical (unpaired) electrons. The fourth-order valence-electron chi connectivity index (χ4n) is 5.59. The van der Waals surface area contributed by atoms with Gasteiger partial charge < -0.3 is 19.7 Å². The molecule has 3 N–H and O–H groups in total. The van der Waals surface area contributed by atoms with Crippen molar-refractivity contribution in [3.63, 3.8) is 0 Å². The average molecular weight is 613 g/mol. The Kier molecular flexibility index (Phi) is 11.0. The van der Waals surface area contributed by atoms with Crippen LogP contribution in [0.4, 0.5) is 4.79 Å². The molecule has 3 atom stereocenters. The van der Waals surface area contributed by atoms with Crippen LogP contribution in [0.15, 0.2) is 91.1 Å². The highest BCUT2D eigenvalue weighted by Gasteiger charge is 2.38. The van der Waals surface area contributed by atoms with Gasteiger partial charge in [-0.05, 0) is 56.9 Å². The minimum Gasteiger partial charge on any atom is -0.481 e. The normalized spacial score (nSPS) is 13.5. The van der Waals surface area contributed by atoms with Crippen molar-refractivity contribution in [1.82, 2.24) is 20.1 Å². The summed E-state index contributed by atoms with van der Waals surface area (Å²) in [6.07, 6.45) is 0.933. The molecule has 0 saturated heterocycles. The van der Waals surface area contributed by atoms with Gasteiger partial charge in [0.15, 0.2) is 0 Å². The fourth-order valence-corrected chi connectivity index (χ4v) is 5.59. The van der Waals surface area contributed by atoms with Crippen molar-refractivity contribution in [2.75, 3.05) is 7.05 Å². The van der Waals surface area contributed by atoms with Crippen LogP contribution in [0.3, 0.4) is 0 Å². The molecule has 2 unspecified atom stereocenters. The van der Waals surface area contributed by atoms with E-state index < -0.39 is 35.9 Å². The van der Waals surface area contributed by atoms with E-state index in [2.05, 4.69) is 10.3 Å². The van der Waals surface area contributed by atoms with Gasteiger partial charge in [0.1, 0.15) is 11.6 Å². The standard InChI is InChI=1S/C36H44N4O5/c1-25(38-29(22-33(41)42)21-28-23-37-31-19-13-12-18-30(28)31)40(35(44)45-36(2,3)4)32(20-26-14-8-6-9-15-26)34(43)39(5)24-27-16-10-7-11-17-27/h6-19,23,25,29,32,37-38H,20-22,24H2,1-5H3,(H,41,42)/t25?,29-,32?/m0/s1. The molecule has 0 saturated carbocycles. The molecule has 0 spiro atoms. The molecule has 0 fully saturated rings. The predicted octanol–water partition coefficient (Wildman–Crippen LogP) is 6.00. The zero-order chi connectivity index (χ0) is 32.6. The van der Waals surface area contributed by atoms with Crippen molar-refractivity contribution < 1.29 is 24.2 Å². The molecule has 238 valence electrons. The maximum Gasteiger partial charge on any atom is 0.412 e. The van der Waals surface area contributed by atoms with E-state index in [0.29, 0.717) is 13.0 Å². The van der Waals surface area contributed by atoms with Gasteiger partial charge in [-0.1, -0.05) is 78.9 Å². The summed E-state index contributed by atoms with van der Waals surface area (Å²) in [5, 5.41) is 14.2. The summed E-state index contributed by atoms with van der Waals surface area (Å²) in [5.41, 5.74) is 2.93. The van der Waals surface area contributed by atoms with Crippen LogP contribution in [0.1, 0.15) is 50.8 Å². The molecule has 9 nitrogen and oxygen atoms in total. The minimum absolute atomic E-state index is 0.183. The first-order chi connectivity index (χ1) is 21.4. The number of ether oxygens (including phenoxy) is 1. The molecule has 1 aromatic heterocycles. The second-order valence-electron chi connectivity index (χ2n) is 12.5. The molecule has 0 aliphatic carbocycles. The van der Waals surface area contributed by atoms with Crippen molar-refractivity contribution in [2.24, 2.45) is 0 Å². The molecule has 4 aromatic rings. The number of aromatic nitrogens is 1. The zero-order valence-corrected chi connectivity index (χ0v) is 26.7. The van der Waals surface area contributed by atoms with Crippen LogP contribution in [0.5, 0.6) is 0 Å². The molecular formula is C36H44N4O5. The Bertz CT molecular complexity index is 1560. The van der Waals surface area contributed by atoms with Gasteiger partial charge in [0.2, 0.25) is 5.91 Å². The van der Waals surface area contributed by atoms with Crippen LogP contribution in [0, 0.1) is 0 Å². The van der Waals surface area contributed by atoms with E-state index in [-0.39, 0.29) is 18.7 Å². The van der Waals surface area contributed by atoms with E-state index in [1.54, 1.807) is 39.6 Å². The summed E-state index contributed by atoms with van der Waals surface area (Å²) >= 11 is 0. The highest BCUT2D eigenvalue weighted by molar-refractivity contribution is 5.86. The van der Waals surface area contributed by atoms with Gasteiger partial charge in [-0.15, -0.1) is 0 Å². The number of nitrogens with one attached hydrogen (secondary N) is 2. The third-order valence-electron chi connectivity index (χ3n) is 7.59. The second-order valence-corrected chi connectivity index (χ2v) is 12.5. The van der Waals surface area contributed by atoms with Crippen molar-refractivity contribution >= 4 is 28.9 Å². The first kappa shape index (κ1) is 33.3. The van der Waals surface area contributed by atoms with Gasteiger partial charge in [-0.3, -0.25) is 19.8 Å². The maximum absolute atomic E-state index is 14.3. The third kappa shape index (κ3) is 9.43. The number of nitrogens with zero attached hydrogens (tertiary/aromatic N) is 2. The molecule has 0 aliphatic rings. The van der Waals surface area contributed by atoms with Crippen molar-refractivity contribution in [2.45, 2.75) is 77.4 Å². The quantitative estimate of drug-likeness (QED) is 0.160. The number of amides is 2. The number of hydrogen-bond acceptors (Lipinski definition) is 5. The van der Waals surface area contributed by atoms with Gasteiger partial charge in [-0.25, -0.2) is 4.79 Å². The third-order valence-corrected chi connectivity index (χ3v) is 7.59. The monoisotopic (exact) mass is 612 g/mol. The van der Waals surface area contributed by atoms with Crippen LogP contribution < -0.4 is 5.32 Å². The van der Waals surface area contributed by atoms with Crippen molar-refractivity contribution in [3.8, 4) is 0 Å². The Labute approximate surface area is 265 Å². The Balaban J connectivity index is 1.69. The van der Waals surface area contributed by atoms with Gasteiger partial charge >= 0.3 is 12.1 Å². The molecule has 0 bridgehead atoms. The lowest BCUT2D eigenvalue weighted by Crippen LogP contribution is -2.60. The summed E-state index contributed by atoms with van der Waals surface area (Å²) in [6.45, 7) is 7.47. The number of para-hydroxylation sites is 1. The highest BCUT2D eigenvalue weighted by atomic mass is 16.6. The number of fused-ring (bicyclic) bond motifs is 1. The Hall–Kier alpha value is -4.63. The minimum atomic E-state index is -0.970. The van der Waals surface area contributed by atoms with Gasteiger partial charge in [-0.2, -0.15) is 0 Å². The van der Waals surface area contributed by atoms with Crippen molar-refractivity contribution in [1.29, 1.82) is 0 Å². The molecule has 2 amide bonds. The van der Waals surface area contributed by atoms with Crippen LogP contribution in [-0.2, 0) is 33.7 Å².